The number of thiophene rings is 1. The van der Waals surface area contributed by atoms with Crippen LogP contribution in [0.2, 0.25) is 0 Å². The van der Waals surface area contributed by atoms with Crippen molar-refractivity contribution in [1.82, 2.24) is 4.90 Å². The molecule has 0 fully saturated rings. The van der Waals surface area contributed by atoms with Gasteiger partial charge >= 0.3 is 5.97 Å². The van der Waals surface area contributed by atoms with E-state index in [1.807, 2.05) is 29.6 Å². The lowest BCUT2D eigenvalue weighted by Crippen LogP contribution is -2.30. The normalized spacial score (nSPS) is 11.2. The number of carboxylic acid groups (broad SMARTS) is 1. The number of hydrogen-bond acceptors (Lipinski definition) is 3. The Morgan fingerprint density at radius 2 is 1.90 bits per heavy atom. The van der Waals surface area contributed by atoms with Crippen molar-refractivity contribution >= 4 is 17.3 Å². The average molecular weight is 289 g/mol. The predicted molar refractivity (Wildman–Crippen MR) is 82.1 cm³/mol. The Hall–Kier alpha value is -1.65. The van der Waals surface area contributed by atoms with Crippen molar-refractivity contribution in [3.05, 3.63) is 57.8 Å². The lowest BCUT2D eigenvalue weighted by Gasteiger charge is -2.26. The van der Waals surface area contributed by atoms with E-state index in [2.05, 4.69) is 30.9 Å². The number of benzene rings is 1. The molecule has 1 heterocycles. The highest BCUT2D eigenvalue weighted by molar-refractivity contribution is 7.12. The second-order valence-electron chi connectivity index (χ2n) is 5.06. The zero-order valence-electron chi connectivity index (χ0n) is 11.7. The molecule has 20 heavy (non-hydrogen) atoms. The Morgan fingerprint density at radius 3 is 2.50 bits per heavy atom. The highest BCUT2D eigenvalue weighted by atomic mass is 32.1. The van der Waals surface area contributed by atoms with Gasteiger partial charge in [0.15, 0.2) is 0 Å². The summed E-state index contributed by atoms with van der Waals surface area (Å²) in [4.78, 5) is 13.9. The maximum Gasteiger partial charge on any atom is 0.346 e. The second kappa shape index (κ2) is 6.68. The van der Waals surface area contributed by atoms with E-state index in [9.17, 15) is 9.90 Å². The van der Waals surface area contributed by atoms with Crippen molar-refractivity contribution in [3.63, 3.8) is 0 Å². The van der Waals surface area contributed by atoms with Crippen LogP contribution in [0.1, 0.15) is 34.6 Å². The van der Waals surface area contributed by atoms with Crippen LogP contribution in [0, 0.1) is 0 Å². The van der Waals surface area contributed by atoms with E-state index in [0.717, 1.165) is 12.1 Å². The first-order valence-electron chi connectivity index (χ1n) is 6.65. The number of nitrogens with zero attached hydrogens (tertiary/aromatic N) is 1. The monoisotopic (exact) mass is 289 g/mol. The summed E-state index contributed by atoms with van der Waals surface area (Å²) >= 11 is 1.29. The molecule has 3 nitrogen and oxygen atoms in total. The van der Waals surface area contributed by atoms with Gasteiger partial charge in [-0.2, -0.15) is 0 Å². The quantitative estimate of drug-likeness (QED) is 0.878. The molecule has 0 bridgehead atoms. The molecule has 0 spiro atoms. The van der Waals surface area contributed by atoms with Crippen molar-refractivity contribution in [1.29, 1.82) is 0 Å². The molecule has 0 unspecified atom stereocenters. The molecule has 0 atom stereocenters. The minimum absolute atomic E-state index is 0.358. The van der Waals surface area contributed by atoms with Gasteiger partial charge in [0.25, 0.3) is 0 Å². The van der Waals surface area contributed by atoms with Crippen LogP contribution in [0.4, 0.5) is 0 Å². The van der Waals surface area contributed by atoms with E-state index in [1.54, 1.807) is 0 Å². The van der Waals surface area contributed by atoms with E-state index in [1.165, 1.54) is 16.9 Å². The molecule has 0 radical (unpaired) electrons. The first-order valence-corrected chi connectivity index (χ1v) is 7.53. The first kappa shape index (κ1) is 14.8. The summed E-state index contributed by atoms with van der Waals surface area (Å²) in [5, 5.41) is 11.0. The molecule has 0 amide bonds. The minimum Gasteiger partial charge on any atom is -0.477 e. The van der Waals surface area contributed by atoms with E-state index >= 15 is 0 Å². The molecule has 0 saturated carbocycles. The van der Waals surface area contributed by atoms with Gasteiger partial charge < -0.3 is 5.11 Å². The predicted octanol–water partition coefficient (Wildman–Crippen LogP) is 3.86. The Kier molecular flexibility index (Phi) is 4.93. The second-order valence-corrected chi connectivity index (χ2v) is 5.98. The Morgan fingerprint density at radius 1 is 1.20 bits per heavy atom. The van der Waals surface area contributed by atoms with E-state index < -0.39 is 5.97 Å². The first-order chi connectivity index (χ1) is 9.58. The van der Waals surface area contributed by atoms with Crippen LogP contribution in [0.15, 0.2) is 41.8 Å². The van der Waals surface area contributed by atoms with Crippen LogP contribution in [-0.2, 0) is 13.1 Å². The zero-order chi connectivity index (χ0) is 14.5. The van der Waals surface area contributed by atoms with Crippen LogP contribution >= 0.6 is 11.3 Å². The molecule has 0 aliphatic rings. The fourth-order valence-electron chi connectivity index (χ4n) is 2.11. The molecular formula is C16H19NO2S. The molecule has 106 valence electrons. The van der Waals surface area contributed by atoms with Gasteiger partial charge in [-0.25, -0.2) is 4.79 Å². The molecular weight excluding hydrogens is 270 g/mol. The van der Waals surface area contributed by atoms with Gasteiger partial charge in [0.1, 0.15) is 4.88 Å². The van der Waals surface area contributed by atoms with Crippen LogP contribution in [0.3, 0.4) is 0 Å². The van der Waals surface area contributed by atoms with Crippen molar-refractivity contribution in [3.8, 4) is 0 Å². The molecule has 1 aromatic heterocycles. The highest BCUT2D eigenvalue weighted by Gasteiger charge is 2.17. The number of rotatable bonds is 6. The molecule has 0 aliphatic carbocycles. The van der Waals surface area contributed by atoms with Gasteiger partial charge in [0.05, 0.1) is 0 Å². The third-order valence-electron chi connectivity index (χ3n) is 3.27. The summed E-state index contributed by atoms with van der Waals surface area (Å²) in [6.07, 6.45) is 0. The van der Waals surface area contributed by atoms with Crippen molar-refractivity contribution < 1.29 is 9.90 Å². The van der Waals surface area contributed by atoms with Crippen molar-refractivity contribution in [2.45, 2.75) is 33.0 Å². The molecule has 2 aromatic rings. The number of aromatic carboxylic acids is 1. The average Bonchev–Trinajstić information content (AvgIpc) is 2.87. The third-order valence-corrected chi connectivity index (χ3v) is 4.22. The van der Waals surface area contributed by atoms with E-state index in [0.29, 0.717) is 17.5 Å². The lowest BCUT2D eigenvalue weighted by molar-refractivity contribution is 0.0699. The Labute approximate surface area is 123 Å². The van der Waals surface area contributed by atoms with Crippen molar-refractivity contribution in [2.75, 3.05) is 0 Å². The van der Waals surface area contributed by atoms with Crippen LogP contribution in [0.5, 0.6) is 0 Å². The SMILES string of the molecule is CC(C)N(Cc1ccccc1)Cc1ccsc1C(=O)O. The maximum absolute atomic E-state index is 11.2. The lowest BCUT2D eigenvalue weighted by atomic mass is 10.1. The van der Waals surface area contributed by atoms with Gasteiger partial charge in [0, 0.05) is 19.1 Å². The summed E-state index contributed by atoms with van der Waals surface area (Å²) in [5.74, 6) is -0.835. The topological polar surface area (TPSA) is 40.5 Å². The molecule has 0 saturated heterocycles. The Balaban J connectivity index is 2.14. The fraction of sp³-hybridized carbons (Fsp3) is 0.312. The van der Waals surface area contributed by atoms with Crippen LogP contribution < -0.4 is 0 Å². The zero-order valence-corrected chi connectivity index (χ0v) is 12.6. The van der Waals surface area contributed by atoms with Crippen LogP contribution in [-0.4, -0.2) is 22.0 Å². The Bertz CT molecular complexity index is 563. The third kappa shape index (κ3) is 3.68. The smallest absolute Gasteiger partial charge is 0.346 e. The molecule has 1 N–H and O–H groups in total. The number of carboxylic acids is 1. The van der Waals surface area contributed by atoms with Gasteiger partial charge in [-0.15, -0.1) is 11.3 Å². The molecule has 2 rings (SSSR count). The van der Waals surface area contributed by atoms with E-state index in [-0.39, 0.29) is 0 Å². The summed E-state index contributed by atoms with van der Waals surface area (Å²) < 4.78 is 0. The highest BCUT2D eigenvalue weighted by Crippen LogP contribution is 2.21. The fourth-order valence-corrected chi connectivity index (χ4v) is 2.86. The summed E-state index contributed by atoms with van der Waals surface area (Å²) in [6, 6.07) is 12.5. The number of carbonyl (C=O) groups is 1. The molecule has 1 aromatic carbocycles. The van der Waals surface area contributed by atoms with Gasteiger partial charge in [-0.1, -0.05) is 30.3 Å². The molecule has 0 aliphatic heterocycles. The van der Waals surface area contributed by atoms with E-state index in [4.69, 9.17) is 0 Å². The minimum atomic E-state index is -0.835. The standard InChI is InChI=1S/C16H19NO2S/c1-12(2)17(10-13-6-4-3-5-7-13)11-14-8-9-20-15(14)16(18)19/h3-9,12H,10-11H2,1-2H3,(H,18,19). The molecule has 4 heteroatoms. The van der Waals surface area contributed by atoms with Crippen LogP contribution in [0.25, 0.3) is 0 Å². The summed E-state index contributed by atoms with van der Waals surface area (Å²) in [5.41, 5.74) is 2.14. The largest absolute Gasteiger partial charge is 0.477 e. The maximum atomic E-state index is 11.2. The summed E-state index contributed by atoms with van der Waals surface area (Å²) in [7, 11) is 0. The van der Waals surface area contributed by atoms with Gasteiger partial charge in [-0.3, -0.25) is 4.90 Å². The van der Waals surface area contributed by atoms with Gasteiger partial charge in [-0.05, 0) is 36.4 Å². The van der Waals surface area contributed by atoms with Gasteiger partial charge in [0.2, 0.25) is 0 Å². The number of hydrogen-bond donors (Lipinski definition) is 1. The van der Waals surface area contributed by atoms with Crippen molar-refractivity contribution in [2.24, 2.45) is 0 Å². The summed E-state index contributed by atoms with van der Waals surface area (Å²) in [6.45, 7) is 5.76.